The molecule has 132 valence electrons. The van der Waals surface area contributed by atoms with Crippen molar-refractivity contribution >= 4 is 17.6 Å². The summed E-state index contributed by atoms with van der Waals surface area (Å²) in [5.74, 6) is 0.979. The van der Waals surface area contributed by atoms with E-state index in [1.54, 1.807) is 19.6 Å². The SMILES string of the molecule is CN=C(NCCn1ccnc1)NCc1ccc(N2CCCC2=O)cc1. The van der Waals surface area contributed by atoms with Crippen LogP contribution in [0.5, 0.6) is 0 Å². The highest BCUT2D eigenvalue weighted by Gasteiger charge is 2.21. The highest BCUT2D eigenvalue weighted by atomic mass is 16.2. The number of hydrogen-bond acceptors (Lipinski definition) is 3. The lowest BCUT2D eigenvalue weighted by molar-refractivity contribution is -0.117. The smallest absolute Gasteiger partial charge is 0.227 e. The second-order valence-electron chi connectivity index (χ2n) is 5.97. The number of aliphatic imine (C=N–C) groups is 1. The zero-order chi connectivity index (χ0) is 17.5. The van der Waals surface area contributed by atoms with Gasteiger partial charge in [0.25, 0.3) is 0 Å². The minimum atomic E-state index is 0.216. The zero-order valence-electron chi connectivity index (χ0n) is 14.5. The summed E-state index contributed by atoms with van der Waals surface area (Å²) in [5, 5.41) is 6.57. The van der Waals surface area contributed by atoms with Crippen LogP contribution in [-0.4, -0.2) is 41.6 Å². The third kappa shape index (κ3) is 4.59. The van der Waals surface area contributed by atoms with Gasteiger partial charge in [-0.05, 0) is 24.1 Å². The van der Waals surface area contributed by atoms with E-state index in [4.69, 9.17) is 0 Å². The molecule has 0 spiro atoms. The molecular weight excluding hydrogens is 316 g/mol. The first-order valence-electron chi connectivity index (χ1n) is 8.56. The number of rotatable bonds is 6. The molecule has 1 amide bonds. The Balaban J connectivity index is 1.45. The number of guanidine groups is 1. The largest absolute Gasteiger partial charge is 0.355 e. The van der Waals surface area contributed by atoms with Crippen molar-refractivity contribution in [2.24, 2.45) is 4.99 Å². The molecule has 1 fully saturated rings. The Kier molecular flexibility index (Phi) is 5.66. The minimum Gasteiger partial charge on any atom is -0.355 e. The fourth-order valence-electron chi connectivity index (χ4n) is 2.84. The molecule has 3 rings (SSSR count). The number of amides is 1. The summed E-state index contributed by atoms with van der Waals surface area (Å²) in [6.45, 7) is 3.11. The number of benzene rings is 1. The van der Waals surface area contributed by atoms with Gasteiger partial charge in [-0.1, -0.05) is 12.1 Å². The van der Waals surface area contributed by atoms with Crippen molar-refractivity contribution in [3.05, 3.63) is 48.5 Å². The second-order valence-corrected chi connectivity index (χ2v) is 5.97. The third-order valence-electron chi connectivity index (χ3n) is 4.23. The van der Waals surface area contributed by atoms with Crippen molar-refractivity contribution < 1.29 is 4.79 Å². The lowest BCUT2D eigenvalue weighted by atomic mass is 10.2. The molecule has 1 aromatic heterocycles. The molecule has 0 radical (unpaired) electrons. The van der Waals surface area contributed by atoms with Gasteiger partial charge in [-0.2, -0.15) is 0 Å². The molecule has 1 aromatic carbocycles. The van der Waals surface area contributed by atoms with E-state index in [9.17, 15) is 4.79 Å². The lowest BCUT2D eigenvalue weighted by Gasteiger charge is -2.16. The Hall–Kier alpha value is -2.83. The van der Waals surface area contributed by atoms with Crippen LogP contribution in [-0.2, 0) is 17.9 Å². The number of anilines is 1. The van der Waals surface area contributed by atoms with Crippen molar-refractivity contribution in [1.82, 2.24) is 20.2 Å². The van der Waals surface area contributed by atoms with E-state index >= 15 is 0 Å². The van der Waals surface area contributed by atoms with Crippen molar-refractivity contribution in [3.63, 3.8) is 0 Å². The Morgan fingerprint density at radius 2 is 2.12 bits per heavy atom. The van der Waals surface area contributed by atoms with Crippen LogP contribution < -0.4 is 15.5 Å². The van der Waals surface area contributed by atoms with Gasteiger partial charge in [0.05, 0.1) is 6.33 Å². The number of hydrogen-bond donors (Lipinski definition) is 2. The van der Waals surface area contributed by atoms with Gasteiger partial charge in [0.2, 0.25) is 5.91 Å². The zero-order valence-corrected chi connectivity index (χ0v) is 14.5. The van der Waals surface area contributed by atoms with Crippen molar-refractivity contribution in [2.45, 2.75) is 25.9 Å². The topological polar surface area (TPSA) is 74.6 Å². The molecule has 1 aliphatic rings. The first-order valence-corrected chi connectivity index (χ1v) is 8.56. The predicted molar refractivity (Wildman–Crippen MR) is 98.5 cm³/mol. The molecule has 7 heteroatoms. The highest BCUT2D eigenvalue weighted by Crippen LogP contribution is 2.21. The van der Waals surface area contributed by atoms with E-state index in [1.165, 1.54) is 0 Å². The molecule has 25 heavy (non-hydrogen) atoms. The monoisotopic (exact) mass is 340 g/mol. The maximum absolute atomic E-state index is 11.8. The number of carbonyl (C=O) groups excluding carboxylic acids is 1. The molecule has 2 heterocycles. The van der Waals surface area contributed by atoms with Gasteiger partial charge in [0.1, 0.15) is 0 Å². The van der Waals surface area contributed by atoms with Gasteiger partial charge in [-0.3, -0.25) is 9.79 Å². The van der Waals surface area contributed by atoms with Gasteiger partial charge in [-0.25, -0.2) is 4.98 Å². The summed E-state index contributed by atoms with van der Waals surface area (Å²) in [6.07, 6.45) is 7.11. The first kappa shape index (κ1) is 17.0. The average molecular weight is 340 g/mol. The molecule has 0 bridgehead atoms. The molecule has 0 aliphatic carbocycles. The number of imidazole rings is 1. The van der Waals surface area contributed by atoms with Crippen LogP contribution in [0, 0.1) is 0 Å². The van der Waals surface area contributed by atoms with E-state index in [0.29, 0.717) is 13.0 Å². The van der Waals surface area contributed by atoms with Gasteiger partial charge in [0, 0.05) is 57.7 Å². The minimum absolute atomic E-state index is 0.216. The number of carbonyl (C=O) groups is 1. The lowest BCUT2D eigenvalue weighted by Crippen LogP contribution is -2.38. The molecule has 2 N–H and O–H groups in total. The Bertz CT molecular complexity index is 708. The molecular formula is C18H24N6O. The summed E-state index contributed by atoms with van der Waals surface area (Å²) in [7, 11) is 1.76. The van der Waals surface area contributed by atoms with Crippen LogP contribution >= 0.6 is 0 Å². The van der Waals surface area contributed by atoms with E-state index < -0.39 is 0 Å². The Morgan fingerprint density at radius 3 is 2.76 bits per heavy atom. The van der Waals surface area contributed by atoms with Crippen LogP contribution in [0.3, 0.4) is 0 Å². The Labute approximate surface area is 147 Å². The van der Waals surface area contributed by atoms with Crippen molar-refractivity contribution in [1.29, 1.82) is 0 Å². The summed E-state index contributed by atoms with van der Waals surface area (Å²) < 4.78 is 2.01. The van der Waals surface area contributed by atoms with Crippen molar-refractivity contribution in [3.8, 4) is 0 Å². The van der Waals surface area contributed by atoms with Crippen molar-refractivity contribution in [2.75, 3.05) is 25.0 Å². The van der Waals surface area contributed by atoms with E-state index in [2.05, 4.69) is 20.6 Å². The fourth-order valence-corrected chi connectivity index (χ4v) is 2.84. The second kappa shape index (κ2) is 8.32. The summed E-state index contributed by atoms with van der Waals surface area (Å²) >= 11 is 0. The van der Waals surface area contributed by atoms with Crippen LogP contribution in [0.15, 0.2) is 48.0 Å². The maximum atomic E-state index is 11.8. The van der Waals surface area contributed by atoms with Crippen LogP contribution in [0.1, 0.15) is 18.4 Å². The summed E-state index contributed by atoms with van der Waals surface area (Å²) in [4.78, 5) is 21.9. The third-order valence-corrected chi connectivity index (χ3v) is 4.23. The first-order chi connectivity index (χ1) is 12.3. The summed E-state index contributed by atoms with van der Waals surface area (Å²) in [6, 6.07) is 8.12. The molecule has 0 atom stereocenters. The summed E-state index contributed by atoms with van der Waals surface area (Å²) in [5.41, 5.74) is 2.13. The fraction of sp³-hybridized carbons (Fsp3) is 0.389. The van der Waals surface area contributed by atoms with Crippen LogP contribution in [0.25, 0.3) is 0 Å². The van der Waals surface area contributed by atoms with E-state index in [0.717, 1.165) is 43.3 Å². The van der Waals surface area contributed by atoms with E-state index in [-0.39, 0.29) is 5.91 Å². The van der Waals surface area contributed by atoms with Gasteiger partial charge in [-0.15, -0.1) is 0 Å². The van der Waals surface area contributed by atoms with Gasteiger partial charge < -0.3 is 20.1 Å². The normalized spacial score (nSPS) is 14.8. The van der Waals surface area contributed by atoms with Gasteiger partial charge >= 0.3 is 0 Å². The Morgan fingerprint density at radius 1 is 1.28 bits per heavy atom. The highest BCUT2D eigenvalue weighted by molar-refractivity contribution is 5.95. The number of nitrogens with zero attached hydrogens (tertiary/aromatic N) is 4. The van der Waals surface area contributed by atoms with Crippen LogP contribution in [0.4, 0.5) is 5.69 Å². The molecule has 0 saturated carbocycles. The maximum Gasteiger partial charge on any atom is 0.227 e. The molecule has 1 saturated heterocycles. The van der Waals surface area contributed by atoms with Crippen LogP contribution in [0.2, 0.25) is 0 Å². The van der Waals surface area contributed by atoms with E-state index in [1.807, 2.05) is 39.9 Å². The molecule has 7 nitrogen and oxygen atoms in total. The molecule has 0 unspecified atom stereocenters. The molecule has 1 aliphatic heterocycles. The molecule has 2 aromatic rings. The predicted octanol–water partition coefficient (Wildman–Crippen LogP) is 1.38. The number of aromatic nitrogens is 2. The number of nitrogens with one attached hydrogen (secondary N) is 2. The standard InChI is InChI=1S/C18H24N6O/c1-19-18(21-9-12-23-11-8-20-14-23)22-13-15-4-6-16(7-5-15)24-10-2-3-17(24)25/h4-8,11,14H,2-3,9-10,12-13H2,1H3,(H2,19,21,22). The quantitative estimate of drug-likeness (QED) is 0.615. The van der Waals surface area contributed by atoms with Gasteiger partial charge in [0.15, 0.2) is 5.96 Å². The average Bonchev–Trinajstić information content (AvgIpc) is 3.30.